The highest BCUT2D eigenvalue weighted by Gasteiger charge is 2.37. The van der Waals surface area contributed by atoms with Crippen molar-refractivity contribution < 1.29 is 23.5 Å². The molecule has 1 aliphatic carbocycles. The first-order chi connectivity index (χ1) is 18.1. The summed E-state index contributed by atoms with van der Waals surface area (Å²) in [5.41, 5.74) is 2.85. The van der Waals surface area contributed by atoms with Gasteiger partial charge in [-0.15, -0.1) is 0 Å². The minimum Gasteiger partial charge on any atom is -0.484 e. The van der Waals surface area contributed by atoms with E-state index in [1.807, 2.05) is 18.2 Å². The van der Waals surface area contributed by atoms with Gasteiger partial charge in [0, 0.05) is 31.1 Å². The molecule has 2 aliphatic heterocycles. The van der Waals surface area contributed by atoms with Crippen LogP contribution in [0.5, 0.6) is 5.75 Å². The van der Waals surface area contributed by atoms with Crippen molar-refractivity contribution in [2.75, 3.05) is 19.8 Å². The second-order valence-corrected chi connectivity index (χ2v) is 10.2. The number of rotatable bonds is 6. The number of nitriles is 1. The van der Waals surface area contributed by atoms with Crippen molar-refractivity contribution in [2.24, 2.45) is 11.8 Å². The third kappa shape index (κ3) is 4.91. The zero-order valence-corrected chi connectivity index (χ0v) is 20.5. The lowest BCUT2D eigenvalue weighted by atomic mass is 9.81. The molecule has 6 rings (SSSR count). The molecule has 192 valence electrons. The van der Waals surface area contributed by atoms with Crippen LogP contribution in [-0.2, 0) is 20.9 Å². The molecule has 2 saturated heterocycles. The summed E-state index contributed by atoms with van der Waals surface area (Å²) in [5.74, 6) is 0.586. The summed E-state index contributed by atoms with van der Waals surface area (Å²) in [7, 11) is 0. The van der Waals surface area contributed by atoms with Crippen LogP contribution < -0.4 is 4.74 Å². The molecule has 0 radical (unpaired) electrons. The number of hydrogen-bond acceptors (Lipinski definition) is 6. The molecule has 1 aromatic carbocycles. The number of hydrogen-bond donors (Lipinski definition) is 0. The van der Waals surface area contributed by atoms with E-state index in [0.29, 0.717) is 37.7 Å². The lowest BCUT2D eigenvalue weighted by Gasteiger charge is -2.32. The number of carbonyl (C=O) groups excluding carboxylic acids is 1. The van der Waals surface area contributed by atoms with E-state index in [-0.39, 0.29) is 29.5 Å². The molecule has 0 bridgehead atoms. The molecule has 9 heteroatoms. The van der Waals surface area contributed by atoms with Crippen molar-refractivity contribution in [3.8, 4) is 11.8 Å². The highest BCUT2D eigenvalue weighted by atomic mass is 19.1. The van der Waals surface area contributed by atoms with Gasteiger partial charge in [0.15, 0.2) is 0 Å². The highest BCUT2D eigenvalue weighted by molar-refractivity contribution is 5.79. The summed E-state index contributed by atoms with van der Waals surface area (Å²) in [6.45, 7) is 2.50. The Morgan fingerprint density at radius 2 is 2.00 bits per heavy atom. The minimum absolute atomic E-state index is 0.0407. The first-order valence-corrected chi connectivity index (χ1v) is 12.9. The van der Waals surface area contributed by atoms with Crippen LogP contribution in [0.2, 0.25) is 0 Å². The van der Waals surface area contributed by atoms with E-state index in [2.05, 4.69) is 15.7 Å². The molecule has 0 unspecified atom stereocenters. The van der Waals surface area contributed by atoms with Crippen LogP contribution in [-0.4, -0.2) is 46.4 Å². The topological polar surface area (TPSA) is 89.6 Å². The number of hydroxylamine groups is 2. The molecule has 2 aromatic heterocycles. The van der Waals surface area contributed by atoms with Gasteiger partial charge in [-0.25, -0.2) is 9.45 Å². The number of amides is 1. The van der Waals surface area contributed by atoms with Crippen molar-refractivity contribution in [1.82, 2.24) is 14.6 Å². The minimum atomic E-state index is -0.475. The Labute approximate surface area is 214 Å². The fraction of sp³-hybridized carbons (Fsp3) is 0.464. The fourth-order valence-corrected chi connectivity index (χ4v) is 5.65. The van der Waals surface area contributed by atoms with Gasteiger partial charge in [0.05, 0.1) is 54.7 Å². The summed E-state index contributed by atoms with van der Waals surface area (Å²) in [5, 5.41) is 10.6. The molecule has 0 spiro atoms. The smallest absolute Gasteiger partial charge is 0.249 e. The Kier molecular flexibility index (Phi) is 6.53. The normalized spacial score (nSPS) is 24.1. The number of halogens is 1. The maximum absolute atomic E-state index is 14.0. The standard InChI is InChI=1S/C28H29FN4O4/c29-22-10-19(13-30)9-21(11-22)26-6-8-36-33(26)28(34)20-3-1-18(2-4-20)15-32-7-5-25-27(32)12-23(14-31-25)37-24-16-35-17-24/h5,7,9-12,14,18,20,24,26H,1-4,6,8,15-17H2/t18?,20?,26-/m0/s1. The first-order valence-electron chi connectivity index (χ1n) is 12.9. The van der Waals surface area contributed by atoms with Gasteiger partial charge in [-0.05, 0) is 61.4 Å². The number of pyridine rings is 1. The maximum atomic E-state index is 14.0. The molecule has 8 nitrogen and oxygen atoms in total. The molecule has 3 aromatic rings. The Hall–Kier alpha value is -3.48. The number of fused-ring (bicyclic) bond motifs is 1. The van der Waals surface area contributed by atoms with Crippen LogP contribution in [0.1, 0.15) is 49.3 Å². The number of ether oxygens (including phenoxy) is 2. The van der Waals surface area contributed by atoms with Crippen LogP contribution in [0.25, 0.3) is 11.0 Å². The lowest BCUT2D eigenvalue weighted by Crippen LogP contribution is -2.38. The fourth-order valence-electron chi connectivity index (χ4n) is 5.65. The second-order valence-electron chi connectivity index (χ2n) is 10.2. The largest absolute Gasteiger partial charge is 0.484 e. The second kappa shape index (κ2) is 10.1. The van der Waals surface area contributed by atoms with Gasteiger partial charge in [0.25, 0.3) is 0 Å². The average molecular weight is 505 g/mol. The van der Waals surface area contributed by atoms with Gasteiger partial charge in [-0.2, -0.15) is 5.26 Å². The maximum Gasteiger partial charge on any atom is 0.249 e. The number of nitrogens with zero attached hydrogens (tertiary/aromatic N) is 4. The van der Waals surface area contributed by atoms with Gasteiger partial charge in [-0.3, -0.25) is 14.6 Å². The molecule has 3 fully saturated rings. The molecule has 1 saturated carbocycles. The van der Waals surface area contributed by atoms with E-state index in [9.17, 15) is 14.4 Å². The summed E-state index contributed by atoms with van der Waals surface area (Å²) < 4.78 is 27.4. The zero-order valence-electron chi connectivity index (χ0n) is 20.5. The molecular weight excluding hydrogens is 475 g/mol. The zero-order chi connectivity index (χ0) is 25.4. The predicted octanol–water partition coefficient (Wildman–Crippen LogP) is 4.54. The summed E-state index contributed by atoms with van der Waals surface area (Å²) >= 11 is 0. The van der Waals surface area contributed by atoms with Crippen LogP contribution in [0.3, 0.4) is 0 Å². The molecular formula is C28H29FN4O4. The Bertz CT molecular complexity index is 1340. The molecule has 1 amide bonds. The summed E-state index contributed by atoms with van der Waals surface area (Å²) in [6.07, 6.45) is 7.98. The third-order valence-corrected chi connectivity index (χ3v) is 7.71. The van der Waals surface area contributed by atoms with E-state index >= 15 is 0 Å². The highest BCUT2D eigenvalue weighted by Crippen LogP contribution is 2.37. The van der Waals surface area contributed by atoms with E-state index in [1.165, 1.54) is 17.2 Å². The van der Waals surface area contributed by atoms with Gasteiger partial charge in [0.2, 0.25) is 5.91 Å². The van der Waals surface area contributed by atoms with Gasteiger partial charge in [-0.1, -0.05) is 0 Å². The van der Waals surface area contributed by atoms with E-state index in [0.717, 1.165) is 49.0 Å². The Morgan fingerprint density at radius 3 is 2.76 bits per heavy atom. The van der Waals surface area contributed by atoms with Crippen molar-refractivity contribution in [3.63, 3.8) is 0 Å². The van der Waals surface area contributed by atoms with Gasteiger partial charge < -0.3 is 14.0 Å². The third-order valence-electron chi connectivity index (χ3n) is 7.71. The van der Waals surface area contributed by atoms with Gasteiger partial charge in [0.1, 0.15) is 17.7 Å². The van der Waals surface area contributed by atoms with Crippen LogP contribution in [0.15, 0.2) is 42.7 Å². The van der Waals surface area contributed by atoms with Crippen molar-refractivity contribution >= 4 is 16.9 Å². The van der Waals surface area contributed by atoms with Crippen LogP contribution in [0, 0.1) is 29.0 Å². The quantitative estimate of drug-likeness (QED) is 0.490. The Morgan fingerprint density at radius 1 is 1.16 bits per heavy atom. The SMILES string of the molecule is N#Cc1cc(F)cc([C@@H]2CCON2C(=O)C2CCC(Cn3ccc4ncc(OC5COC5)cc43)CC2)c1. The lowest BCUT2D eigenvalue weighted by molar-refractivity contribution is -0.183. The van der Waals surface area contributed by atoms with Crippen LogP contribution in [0.4, 0.5) is 4.39 Å². The first kappa shape index (κ1) is 23.9. The predicted molar refractivity (Wildman–Crippen MR) is 132 cm³/mol. The van der Waals surface area contributed by atoms with Crippen molar-refractivity contribution in [3.05, 3.63) is 59.7 Å². The van der Waals surface area contributed by atoms with Crippen molar-refractivity contribution in [2.45, 2.75) is 50.8 Å². The summed E-state index contributed by atoms with van der Waals surface area (Å²) in [6, 6.07) is 9.93. The number of benzene rings is 1. The average Bonchev–Trinajstić information content (AvgIpc) is 3.53. The monoisotopic (exact) mass is 504 g/mol. The van der Waals surface area contributed by atoms with E-state index in [1.54, 1.807) is 12.3 Å². The van der Waals surface area contributed by atoms with E-state index in [4.69, 9.17) is 14.3 Å². The number of aromatic nitrogens is 2. The summed E-state index contributed by atoms with van der Waals surface area (Å²) in [4.78, 5) is 23.6. The van der Waals surface area contributed by atoms with Crippen molar-refractivity contribution in [1.29, 1.82) is 5.26 Å². The molecule has 0 N–H and O–H groups in total. The van der Waals surface area contributed by atoms with E-state index < -0.39 is 5.82 Å². The molecule has 3 aliphatic rings. The molecule has 37 heavy (non-hydrogen) atoms. The van der Waals surface area contributed by atoms with Crippen LogP contribution >= 0.6 is 0 Å². The number of carbonyl (C=O) groups is 1. The Balaban J connectivity index is 1.08. The molecule has 4 heterocycles. The molecule has 1 atom stereocenters. The van der Waals surface area contributed by atoms with Gasteiger partial charge >= 0.3 is 0 Å².